The van der Waals surface area contributed by atoms with Crippen LogP contribution >= 0.6 is 15.9 Å². The molecule has 0 aliphatic rings. The molecule has 1 aromatic rings. The van der Waals surface area contributed by atoms with Crippen LogP contribution in [0.4, 0.5) is 5.82 Å². The zero-order valence-corrected chi connectivity index (χ0v) is 12.0. The van der Waals surface area contributed by atoms with E-state index in [0.29, 0.717) is 0 Å². The highest BCUT2D eigenvalue weighted by molar-refractivity contribution is 9.10. The molecule has 0 fully saturated rings. The first-order valence-electron chi connectivity index (χ1n) is 5.40. The third kappa shape index (κ3) is 4.94. The Bertz CT molecular complexity index is 337. The third-order valence-electron chi connectivity index (χ3n) is 2.21. The van der Waals surface area contributed by atoms with Gasteiger partial charge in [-0.2, -0.15) is 0 Å². The van der Waals surface area contributed by atoms with Crippen LogP contribution in [0.3, 0.4) is 0 Å². The minimum Gasteiger partial charge on any atom is -0.369 e. The highest BCUT2D eigenvalue weighted by Gasteiger charge is 2.18. The topological polar surface area (TPSA) is 28.2 Å². The number of nitrogens with zero attached hydrogens (tertiary/aromatic N) is 2. The third-order valence-corrected chi connectivity index (χ3v) is 2.65. The van der Waals surface area contributed by atoms with Crippen molar-refractivity contribution in [2.75, 3.05) is 32.5 Å². The molecule has 0 aliphatic heterocycles. The average Bonchev–Trinajstić information content (AvgIpc) is 2.13. The maximum atomic E-state index is 4.35. The Balaban J connectivity index is 2.50. The summed E-state index contributed by atoms with van der Waals surface area (Å²) in [5.41, 5.74) is 0.230. The number of hydrogen-bond donors (Lipinski definition) is 1. The maximum Gasteiger partial charge on any atom is 0.127 e. The lowest BCUT2D eigenvalue weighted by Gasteiger charge is -2.28. The van der Waals surface area contributed by atoms with Gasteiger partial charge in [0.1, 0.15) is 10.4 Å². The number of hydrogen-bond acceptors (Lipinski definition) is 3. The monoisotopic (exact) mass is 285 g/mol. The molecule has 0 radical (unpaired) electrons. The fraction of sp³-hybridized carbons (Fsp3) is 0.583. The van der Waals surface area contributed by atoms with Crippen molar-refractivity contribution in [3.63, 3.8) is 0 Å². The van der Waals surface area contributed by atoms with Crippen molar-refractivity contribution in [1.82, 2.24) is 9.88 Å². The molecule has 0 saturated carbocycles. The van der Waals surface area contributed by atoms with Gasteiger partial charge in [-0.15, -0.1) is 0 Å². The lowest BCUT2D eigenvalue weighted by Crippen LogP contribution is -2.34. The van der Waals surface area contributed by atoms with Crippen LogP contribution < -0.4 is 5.32 Å². The molecule has 0 aliphatic carbocycles. The highest BCUT2D eigenvalue weighted by atomic mass is 79.9. The summed E-state index contributed by atoms with van der Waals surface area (Å²) in [6, 6.07) is 5.89. The van der Waals surface area contributed by atoms with Crippen LogP contribution in [0.5, 0.6) is 0 Å². The number of anilines is 1. The van der Waals surface area contributed by atoms with Crippen molar-refractivity contribution in [1.29, 1.82) is 0 Å². The van der Waals surface area contributed by atoms with Gasteiger partial charge in [-0.05, 0) is 47.6 Å². The van der Waals surface area contributed by atoms with Crippen molar-refractivity contribution >= 4 is 21.7 Å². The summed E-state index contributed by atoms with van der Waals surface area (Å²) in [6.45, 7) is 6.46. The summed E-state index contributed by atoms with van der Waals surface area (Å²) < 4.78 is 0.864. The van der Waals surface area contributed by atoms with Crippen molar-refractivity contribution in [2.24, 2.45) is 5.41 Å². The Kier molecular flexibility index (Phi) is 4.74. The number of halogens is 1. The lowest BCUT2D eigenvalue weighted by molar-refractivity contribution is 0.254. The van der Waals surface area contributed by atoms with Gasteiger partial charge in [0.2, 0.25) is 0 Å². The summed E-state index contributed by atoms with van der Waals surface area (Å²) in [5, 5.41) is 3.36. The van der Waals surface area contributed by atoms with Crippen LogP contribution in [0.2, 0.25) is 0 Å². The Morgan fingerprint density at radius 2 is 2.06 bits per heavy atom. The molecule has 16 heavy (non-hydrogen) atoms. The molecular formula is C12H20BrN3. The van der Waals surface area contributed by atoms with Crippen LogP contribution in [0.1, 0.15) is 13.8 Å². The van der Waals surface area contributed by atoms with Crippen LogP contribution in [-0.4, -0.2) is 37.1 Å². The van der Waals surface area contributed by atoms with Gasteiger partial charge in [0.15, 0.2) is 0 Å². The number of aromatic nitrogens is 1. The number of rotatable bonds is 5. The molecule has 0 bridgehead atoms. The Labute approximate surface area is 106 Å². The smallest absolute Gasteiger partial charge is 0.127 e. The molecular weight excluding hydrogens is 266 g/mol. The Morgan fingerprint density at radius 3 is 2.62 bits per heavy atom. The molecule has 1 rings (SSSR count). The second-order valence-corrected chi connectivity index (χ2v) is 5.91. The molecule has 0 spiro atoms. The lowest BCUT2D eigenvalue weighted by atomic mass is 9.93. The molecule has 0 saturated heterocycles. The van der Waals surface area contributed by atoms with E-state index in [2.05, 4.69) is 59.1 Å². The second kappa shape index (κ2) is 5.64. The Hall–Kier alpha value is -0.610. The zero-order chi connectivity index (χ0) is 12.2. The molecule has 1 heterocycles. The quantitative estimate of drug-likeness (QED) is 0.844. The highest BCUT2D eigenvalue weighted by Crippen LogP contribution is 2.17. The molecule has 1 aromatic heterocycles. The van der Waals surface area contributed by atoms with Crippen molar-refractivity contribution in [3.05, 3.63) is 22.8 Å². The summed E-state index contributed by atoms with van der Waals surface area (Å²) in [4.78, 5) is 6.55. The second-order valence-electron chi connectivity index (χ2n) is 5.10. The van der Waals surface area contributed by atoms with Gasteiger partial charge in [-0.1, -0.05) is 19.9 Å². The van der Waals surface area contributed by atoms with E-state index in [1.165, 1.54) is 0 Å². The SMILES string of the molecule is CN(C)CC(C)(C)CNc1cccc(Br)n1. The van der Waals surface area contributed by atoms with Crippen LogP contribution in [0, 0.1) is 5.41 Å². The van der Waals surface area contributed by atoms with Crippen molar-refractivity contribution in [3.8, 4) is 0 Å². The van der Waals surface area contributed by atoms with Crippen LogP contribution in [-0.2, 0) is 0 Å². The summed E-state index contributed by atoms with van der Waals surface area (Å²) in [5.74, 6) is 0.918. The maximum absolute atomic E-state index is 4.35. The first-order valence-corrected chi connectivity index (χ1v) is 6.19. The van der Waals surface area contributed by atoms with Crippen molar-refractivity contribution < 1.29 is 0 Å². The van der Waals surface area contributed by atoms with Crippen LogP contribution in [0.25, 0.3) is 0 Å². The van der Waals surface area contributed by atoms with Gasteiger partial charge in [-0.25, -0.2) is 4.98 Å². The molecule has 0 amide bonds. The predicted octanol–water partition coefficient (Wildman–Crippen LogP) is 2.84. The van der Waals surface area contributed by atoms with Gasteiger partial charge in [0.25, 0.3) is 0 Å². The summed E-state index contributed by atoms with van der Waals surface area (Å²) in [6.07, 6.45) is 0. The van der Waals surface area contributed by atoms with E-state index in [1.807, 2.05) is 18.2 Å². The number of nitrogens with one attached hydrogen (secondary N) is 1. The van der Waals surface area contributed by atoms with E-state index in [0.717, 1.165) is 23.5 Å². The van der Waals surface area contributed by atoms with E-state index < -0.39 is 0 Å². The first kappa shape index (κ1) is 13.5. The van der Waals surface area contributed by atoms with E-state index in [-0.39, 0.29) is 5.41 Å². The normalized spacial score (nSPS) is 11.9. The molecule has 0 atom stereocenters. The van der Waals surface area contributed by atoms with Crippen molar-refractivity contribution in [2.45, 2.75) is 13.8 Å². The van der Waals surface area contributed by atoms with Gasteiger partial charge >= 0.3 is 0 Å². The molecule has 90 valence electrons. The fourth-order valence-electron chi connectivity index (χ4n) is 1.75. The first-order chi connectivity index (χ1) is 7.39. The zero-order valence-electron chi connectivity index (χ0n) is 10.4. The molecule has 1 N–H and O–H groups in total. The predicted molar refractivity (Wildman–Crippen MR) is 72.8 cm³/mol. The largest absolute Gasteiger partial charge is 0.369 e. The summed E-state index contributed by atoms with van der Waals surface area (Å²) >= 11 is 3.36. The minimum atomic E-state index is 0.230. The molecule has 3 nitrogen and oxygen atoms in total. The van der Waals surface area contributed by atoms with Gasteiger partial charge in [0, 0.05) is 13.1 Å². The van der Waals surface area contributed by atoms with E-state index in [4.69, 9.17) is 0 Å². The summed E-state index contributed by atoms with van der Waals surface area (Å²) in [7, 11) is 4.19. The van der Waals surface area contributed by atoms with Gasteiger partial charge in [0.05, 0.1) is 0 Å². The van der Waals surface area contributed by atoms with Gasteiger partial charge < -0.3 is 10.2 Å². The van der Waals surface area contributed by atoms with Crippen LogP contribution in [0.15, 0.2) is 22.8 Å². The standard InChI is InChI=1S/C12H20BrN3/c1-12(2,9-16(3)4)8-14-11-7-5-6-10(13)15-11/h5-7H,8-9H2,1-4H3,(H,14,15). The average molecular weight is 286 g/mol. The number of pyridine rings is 1. The molecule has 4 heteroatoms. The van der Waals surface area contributed by atoms with Gasteiger partial charge in [-0.3, -0.25) is 0 Å². The molecule has 0 aromatic carbocycles. The van der Waals surface area contributed by atoms with E-state index in [9.17, 15) is 0 Å². The fourth-order valence-corrected chi connectivity index (χ4v) is 2.09. The van der Waals surface area contributed by atoms with E-state index in [1.54, 1.807) is 0 Å². The Morgan fingerprint density at radius 1 is 1.38 bits per heavy atom. The van der Waals surface area contributed by atoms with E-state index >= 15 is 0 Å². The minimum absolute atomic E-state index is 0.230. The molecule has 0 unspecified atom stereocenters.